The molecule has 1 aromatic carbocycles. The first-order chi connectivity index (χ1) is 21.5. The summed E-state index contributed by atoms with van der Waals surface area (Å²) >= 11 is 2.03. The Hall–Kier alpha value is -3.10. The van der Waals surface area contributed by atoms with Crippen LogP contribution < -0.4 is 34.0 Å². The lowest BCUT2D eigenvalue weighted by atomic mass is 10.1. The van der Waals surface area contributed by atoms with Crippen molar-refractivity contribution in [1.29, 1.82) is 0 Å². The first kappa shape index (κ1) is 38.9. The van der Waals surface area contributed by atoms with Gasteiger partial charge < -0.3 is 43.6 Å². The second kappa shape index (κ2) is 26.3. The summed E-state index contributed by atoms with van der Waals surface area (Å²) in [7, 11) is 0. The Kier molecular flexibility index (Phi) is 23.3. The lowest BCUT2D eigenvalue weighted by Gasteiger charge is -2.29. The largest absolute Gasteiger partial charge is 0.450 e. The molecule has 3 aromatic rings. The molecular formula is C32H53N9O2S. The molecule has 11 nitrogen and oxygen atoms in total. The van der Waals surface area contributed by atoms with E-state index in [9.17, 15) is 4.79 Å². The summed E-state index contributed by atoms with van der Waals surface area (Å²) in [6.45, 7) is 8.45. The van der Waals surface area contributed by atoms with Crippen LogP contribution in [0.3, 0.4) is 0 Å². The highest BCUT2D eigenvalue weighted by Gasteiger charge is 2.20. The van der Waals surface area contributed by atoms with Gasteiger partial charge in [0.05, 0.1) is 12.3 Å². The van der Waals surface area contributed by atoms with Gasteiger partial charge in [-0.3, -0.25) is 9.97 Å². The number of nitrogens with one attached hydrogen (secondary N) is 1. The molecule has 12 heteroatoms. The van der Waals surface area contributed by atoms with E-state index < -0.39 is 0 Å². The minimum absolute atomic E-state index is 0.204. The van der Waals surface area contributed by atoms with Crippen LogP contribution in [0.4, 0.5) is 4.79 Å². The Balaban J connectivity index is 0.000000280. The Bertz CT molecular complexity index is 1020. The fourth-order valence-electron chi connectivity index (χ4n) is 3.73. The molecule has 244 valence electrons. The van der Waals surface area contributed by atoms with E-state index in [0.29, 0.717) is 32.8 Å². The third-order valence-electron chi connectivity index (χ3n) is 6.27. The van der Waals surface area contributed by atoms with Gasteiger partial charge in [-0.15, -0.1) is 0 Å². The van der Waals surface area contributed by atoms with Gasteiger partial charge >= 0.3 is 6.09 Å². The normalized spacial score (nSPS) is 14.1. The highest BCUT2D eigenvalue weighted by Crippen LogP contribution is 2.09. The average Bonchev–Trinajstić information content (AvgIpc) is 3.11. The van der Waals surface area contributed by atoms with Gasteiger partial charge in [-0.1, -0.05) is 36.4 Å². The van der Waals surface area contributed by atoms with Crippen LogP contribution >= 0.6 is 11.8 Å². The number of amides is 1. The zero-order valence-electron chi connectivity index (χ0n) is 26.2. The third kappa shape index (κ3) is 19.2. The summed E-state index contributed by atoms with van der Waals surface area (Å²) in [5.41, 5.74) is 31.5. The smallest absolute Gasteiger partial charge is 0.409 e. The molecule has 44 heavy (non-hydrogen) atoms. The minimum Gasteiger partial charge on any atom is -0.450 e. The maximum absolute atomic E-state index is 11.2. The molecular weight excluding hydrogens is 574 g/mol. The number of likely N-dealkylation sites (tertiary alicyclic amines) is 1. The minimum atomic E-state index is -0.204. The standard InChI is InChI=1S/C8H16N2O2.C8H12N2.2C6H8N2.C4H9NS/c1-2-12-8(11)10-5-3-7(9)4-6-10;9-5-7-2-1-3-8(4-7)6-10;7-4-6-2-1-3-8-5-6;7-5-6-3-1-2-4-8-6;1-3-6-4-2-5-1/h7H,2-6,9H2,1H3;1-4H,5-6,9-10H2;1-3,5H,4,7H2;1-4H,5,7H2;5H,1-4H2. The van der Waals surface area contributed by atoms with Gasteiger partial charge in [0, 0.05) is 88.5 Å². The molecule has 2 aromatic heterocycles. The van der Waals surface area contributed by atoms with Gasteiger partial charge in [0.25, 0.3) is 0 Å². The van der Waals surface area contributed by atoms with E-state index >= 15 is 0 Å². The van der Waals surface area contributed by atoms with E-state index in [-0.39, 0.29) is 12.1 Å². The van der Waals surface area contributed by atoms with Crippen LogP contribution in [0.2, 0.25) is 0 Å². The molecule has 0 bridgehead atoms. The predicted octanol–water partition coefficient (Wildman–Crippen LogP) is 2.57. The van der Waals surface area contributed by atoms with Crippen molar-refractivity contribution in [3.8, 4) is 0 Å². The molecule has 2 saturated heterocycles. The summed E-state index contributed by atoms with van der Waals surface area (Å²) in [5, 5.41) is 3.26. The van der Waals surface area contributed by atoms with E-state index in [2.05, 4.69) is 15.3 Å². The van der Waals surface area contributed by atoms with E-state index in [1.54, 1.807) is 23.5 Å². The van der Waals surface area contributed by atoms with Crippen LogP contribution in [0.15, 0.2) is 73.2 Å². The highest BCUT2D eigenvalue weighted by molar-refractivity contribution is 7.99. The van der Waals surface area contributed by atoms with Gasteiger partial charge in [-0.05, 0) is 54.7 Å². The van der Waals surface area contributed by atoms with Crippen molar-refractivity contribution in [2.75, 3.05) is 44.3 Å². The number of carbonyl (C=O) groups is 1. The van der Waals surface area contributed by atoms with E-state index in [1.807, 2.05) is 73.3 Å². The number of hydrogen-bond acceptors (Lipinski definition) is 11. The molecule has 11 N–H and O–H groups in total. The molecule has 0 unspecified atom stereocenters. The van der Waals surface area contributed by atoms with Crippen molar-refractivity contribution in [3.63, 3.8) is 0 Å². The second-order valence-corrected chi connectivity index (χ2v) is 10.9. The fourth-order valence-corrected chi connectivity index (χ4v) is 4.52. The predicted molar refractivity (Wildman–Crippen MR) is 182 cm³/mol. The van der Waals surface area contributed by atoms with Crippen LogP contribution in [0.5, 0.6) is 0 Å². The van der Waals surface area contributed by atoms with Crippen molar-refractivity contribution in [3.05, 3.63) is 95.6 Å². The van der Waals surface area contributed by atoms with Crippen LogP contribution in [-0.4, -0.2) is 71.3 Å². The number of piperidine rings is 1. The maximum atomic E-state index is 11.2. The number of hydrogen-bond donors (Lipinski definition) is 6. The van der Waals surface area contributed by atoms with Crippen molar-refractivity contribution in [2.45, 2.75) is 52.0 Å². The van der Waals surface area contributed by atoms with Gasteiger partial charge in [-0.25, -0.2) is 4.79 Å². The average molecular weight is 628 g/mol. The number of benzene rings is 1. The molecule has 0 aliphatic carbocycles. The van der Waals surface area contributed by atoms with Crippen LogP contribution in [0, 0.1) is 0 Å². The Labute approximate surface area is 267 Å². The first-order valence-corrected chi connectivity index (χ1v) is 16.2. The first-order valence-electron chi connectivity index (χ1n) is 15.1. The topological polar surface area (TPSA) is 197 Å². The van der Waals surface area contributed by atoms with Gasteiger partial charge in [0.1, 0.15) is 0 Å². The van der Waals surface area contributed by atoms with Crippen molar-refractivity contribution >= 4 is 17.9 Å². The molecule has 0 saturated carbocycles. The van der Waals surface area contributed by atoms with E-state index in [0.717, 1.165) is 48.3 Å². The Morgan fingerprint density at radius 1 is 0.886 bits per heavy atom. The molecule has 1 amide bonds. The summed E-state index contributed by atoms with van der Waals surface area (Å²) in [6.07, 6.45) is 6.81. The van der Waals surface area contributed by atoms with Crippen LogP contribution in [0.1, 0.15) is 42.1 Å². The number of rotatable bonds is 5. The number of carbonyl (C=O) groups excluding carboxylic acids is 1. The number of ether oxygens (including phenoxy) is 1. The second-order valence-electron chi connectivity index (χ2n) is 9.70. The molecule has 4 heterocycles. The molecule has 0 radical (unpaired) electrons. The number of nitrogens with two attached hydrogens (primary N) is 5. The van der Waals surface area contributed by atoms with E-state index in [4.69, 9.17) is 33.4 Å². The number of thioether (sulfide) groups is 1. The zero-order chi connectivity index (χ0) is 32.3. The Morgan fingerprint density at radius 2 is 1.52 bits per heavy atom. The van der Waals surface area contributed by atoms with Crippen molar-refractivity contribution in [2.24, 2.45) is 28.7 Å². The van der Waals surface area contributed by atoms with Gasteiger partial charge in [0.2, 0.25) is 0 Å². The quantitative estimate of drug-likeness (QED) is 0.243. The molecule has 0 atom stereocenters. The number of nitrogens with zero attached hydrogens (tertiary/aromatic N) is 3. The summed E-state index contributed by atoms with van der Waals surface area (Å²) in [4.78, 5) is 20.7. The van der Waals surface area contributed by atoms with Gasteiger partial charge in [-0.2, -0.15) is 11.8 Å². The summed E-state index contributed by atoms with van der Waals surface area (Å²) in [6, 6.07) is 17.8. The molecule has 2 aliphatic rings. The van der Waals surface area contributed by atoms with Crippen molar-refractivity contribution < 1.29 is 9.53 Å². The molecule has 5 rings (SSSR count). The lowest BCUT2D eigenvalue weighted by molar-refractivity contribution is 0.0974. The highest BCUT2D eigenvalue weighted by atomic mass is 32.2. The fraction of sp³-hybridized carbons (Fsp3) is 0.469. The zero-order valence-corrected chi connectivity index (χ0v) is 27.0. The third-order valence-corrected chi connectivity index (χ3v) is 7.25. The van der Waals surface area contributed by atoms with Crippen LogP contribution in [0.25, 0.3) is 0 Å². The lowest BCUT2D eigenvalue weighted by Crippen LogP contribution is -2.43. The van der Waals surface area contributed by atoms with Crippen LogP contribution in [-0.2, 0) is 30.9 Å². The number of aromatic nitrogens is 2. The monoisotopic (exact) mass is 627 g/mol. The van der Waals surface area contributed by atoms with Gasteiger partial charge in [0.15, 0.2) is 0 Å². The molecule has 2 fully saturated rings. The molecule has 2 aliphatic heterocycles. The summed E-state index contributed by atoms with van der Waals surface area (Å²) in [5.74, 6) is 2.61. The Morgan fingerprint density at radius 3 is 1.91 bits per heavy atom. The van der Waals surface area contributed by atoms with Crippen molar-refractivity contribution in [1.82, 2.24) is 20.2 Å². The van der Waals surface area contributed by atoms with E-state index in [1.165, 1.54) is 24.6 Å². The SMILES string of the molecule is C1CSCCN1.CCOC(=O)N1CCC(N)CC1.NCc1cccc(CN)c1.NCc1ccccn1.NCc1cccnc1. The number of pyridine rings is 2. The summed E-state index contributed by atoms with van der Waals surface area (Å²) < 4.78 is 4.86. The molecule has 0 spiro atoms. The maximum Gasteiger partial charge on any atom is 0.409 e.